The summed E-state index contributed by atoms with van der Waals surface area (Å²) < 4.78 is 10.9. The number of rotatable bonds is 3. The second kappa shape index (κ2) is 4.32. The fraction of sp³-hybridized carbons (Fsp3) is 0.615. The first-order valence-corrected chi connectivity index (χ1v) is 5.81. The summed E-state index contributed by atoms with van der Waals surface area (Å²) in [6.07, 6.45) is 5.40. The number of hydrogen-bond acceptors (Lipinski definition) is 3. The molecule has 0 aliphatic heterocycles. The molecule has 1 fully saturated rings. The van der Waals surface area contributed by atoms with Crippen LogP contribution >= 0.6 is 0 Å². The molecule has 1 aromatic heterocycles. The first-order chi connectivity index (χ1) is 7.59. The molecule has 0 radical (unpaired) electrons. The fourth-order valence-corrected chi connectivity index (χ4v) is 2.12. The van der Waals surface area contributed by atoms with Gasteiger partial charge in [-0.2, -0.15) is 0 Å². The minimum Gasteiger partial charge on any atom is -0.462 e. The zero-order chi connectivity index (χ0) is 11.6. The largest absolute Gasteiger partial charge is 0.462 e. The third-order valence-corrected chi connectivity index (χ3v) is 3.29. The Bertz CT molecular complexity index is 355. The van der Waals surface area contributed by atoms with Gasteiger partial charge in [-0.1, -0.05) is 13.8 Å². The summed E-state index contributed by atoms with van der Waals surface area (Å²) in [5.74, 6) is 0.790. The van der Waals surface area contributed by atoms with E-state index in [-0.39, 0.29) is 6.10 Å². The normalized spacial score (nSPS) is 20.6. The fourth-order valence-electron chi connectivity index (χ4n) is 2.12. The van der Waals surface area contributed by atoms with Crippen molar-refractivity contribution in [1.82, 2.24) is 0 Å². The zero-order valence-corrected chi connectivity index (χ0v) is 9.86. The maximum atomic E-state index is 10.4. The summed E-state index contributed by atoms with van der Waals surface area (Å²) in [4.78, 5) is 10.4. The van der Waals surface area contributed by atoms with Crippen LogP contribution in [0, 0.1) is 5.41 Å². The minimum absolute atomic E-state index is 0.235. The molecule has 1 aliphatic carbocycles. The highest BCUT2D eigenvalue weighted by Crippen LogP contribution is 2.36. The lowest BCUT2D eigenvalue weighted by molar-refractivity contribution is 0.0758. The second-order valence-corrected chi connectivity index (χ2v) is 5.26. The van der Waals surface area contributed by atoms with Gasteiger partial charge < -0.3 is 9.15 Å². The zero-order valence-electron chi connectivity index (χ0n) is 9.86. The molecule has 0 saturated heterocycles. The van der Waals surface area contributed by atoms with Gasteiger partial charge in [0.1, 0.15) is 6.10 Å². The Balaban J connectivity index is 1.89. The molecule has 0 bridgehead atoms. The van der Waals surface area contributed by atoms with E-state index in [0.717, 1.165) is 12.8 Å². The van der Waals surface area contributed by atoms with Crippen LogP contribution in [0.15, 0.2) is 16.5 Å². The quantitative estimate of drug-likeness (QED) is 0.735. The number of carbonyl (C=O) groups excluding carboxylic acids is 1. The molecule has 1 aliphatic rings. The van der Waals surface area contributed by atoms with Gasteiger partial charge in [-0.05, 0) is 37.2 Å². The van der Waals surface area contributed by atoms with E-state index in [1.807, 2.05) is 0 Å². The van der Waals surface area contributed by atoms with Crippen LogP contribution in [0.5, 0.6) is 5.95 Å². The van der Waals surface area contributed by atoms with E-state index in [0.29, 0.717) is 23.4 Å². The molecule has 2 rings (SSSR count). The molecule has 3 nitrogen and oxygen atoms in total. The summed E-state index contributed by atoms with van der Waals surface area (Å²) in [5, 5.41) is 0. The van der Waals surface area contributed by atoms with Crippen molar-refractivity contribution in [2.75, 3.05) is 0 Å². The van der Waals surface area contributed by atoms with Crippen LogP contribution in [0.2, 0.25) is 0 Å². The van der Waals surface area contributed by atoms with E-state index >= 15 is 0 Å². The molecule has 88 valence electrons. The Labute approximate surface area is 95.8 Å². The monoisotopic (exact) mass is 222 g/mol. The first kappa shape index (κ1) is 11.2. The SMILES string of the molecule is CC1(C)CCC(Oc2ccc(C=O)o2)CC1. The molecule has 0 aromatic carbocycles. The lowest BCUT2D eigenvalue weighted by Crippen LogP contribution is -2.28. The van der Waals surface area contributed by atoms with Crippen LogP contribution in [-0.2, 0) is 0 Å². The Kier molecular flexibility index (Phi) is 3.03. The van der Waals surface area contributed by atoms with Crippen molar-refractivity contribution in [3.63, 3.8) is 0 Å². The molecule has 0 unspecified atom stereocenters. The maximum absolute atomic E-state index is 10.4. The van der Waals surface area contributed by atoms with E-state index < -0.39 is 0 Å². The highest BCUT2D eigenvalue weighted by molar-refractivity contribution is 5.70. The van der Waals surface area contributed by atoms with Crippen LogP contribution in [0.25, 0.3) is 0 Å². The molecule has 3 heteroatoms. The second-order valence-electron chi connectivity index (χ2n) is 5.26. The summed E-state index contributed by atoms with van der Waals surface area (Å²) in [5.41, 5.74) is 0.441. The number of ether oxygens (including phenoxy) is 1. The molecule has 0 amide bonds. The lowest BCUT2D eigenvalue weighted by Gasteiger charge is -2.33. The average Bonchev–Trinajstić information content (AvgIpc) is 2.69. The molecular formula is C13H18O3. The van der Waals surface area contributed by atoms with Crippen molar-refractivity contribution in [3.8, 4) is 5.95 Å². The molecule has 16 heavy (non-hydrogen) atoms. The number of hydrogen-bond donors (Lipinski definition) is 0. The van der Waals surface area contributed by atoms with E-state index in [1.54, 1.807) is 12.1 Å². The van der Waals surface area contributed by atoms with Crippen molar-refractivity contribution in [1.29, 1.82) is 0 Å². The minimum atomic E-state index is 0.235. The summed E-state index contributed by atoms with van der Waals surface area (Å²) in [6, 6.07) is 3.35. The van der Waals surface area contributed by atoms with E-state index in [2.05, 4.69) is 13.8 Å². The smallest absolute Gasteiger partial charge is 0.285 e. The Morgan fingerprint density at radius 2 is 2.06 bits per heavy atom. The molecule has 0 N–H and O–H groups in total. The molecule has 1 aromatic rings. The summed E-state index contributed by atoms with van der Waals surface area (Å²) in [6.45, 7) is 4.58. The maximum Gasteiger partial charge on any atom is 0.285 e. The first-order valence-electron chi connectivity index (χ1n) is 5.81. The van der Waals surface area contributed by atoms with Crippen LogP contribution in [0.1, 0.15) is 50.1 Å². The molecule has 0 spiro atoms. The lowest BCUT2D eigenvalue weighted by atomic mass is 9.76. The van der Waals surface area contributed by atoms with Crippen LogP contribution < -0.4 is 4.74 Å². The van der Waals surface area contributed by atoms with E-state index in [1.165, 1.54) is 12.8 Å². The van der Waals surface area contributed by atoms with Gasteiger partial charge in [0, 0.05) is 6.07 Å². The van der Waals surface area contributed by atoms with Crippen LogP contribution in [0.3, 0.4) is 0 Å². The van der Waals surface area contributed by atoms with Crippen molar-refractivity contribution >= 4 is 6.29 Å². The third kappa shape index (κ3) is 2.65. The molecular weight excluding hydrogens is 204 g/mol. The standard InChI is InChI=1S/C13H18O3/c1-13(2)7-5-10(6-8-13)15-12-4-3-11(9-14)16-12/h3-4,9-10H,5-8H2,1-2H3. The number of aldehydes is 1. The van der Waals surface area contributed by atoms with E-state index in [4.69, 9.17) is 9.15 Å². The van der Waals surface area contributed by atoms with Gasteiger partial charge in [0.25, 0.3) is 5.95 Å². The predicted octanol–water partition coefficient (Wildman–Crippen LogP) is 3.44. The topological polar surface area (TPSA) is 39.4 Å². The number of carbonyl (C=O) groups is 1. The summed E-state index contributed by atoms with van der Waals surface area (Å²) in [7, 11) is 0. The number of furan rings is 1. The van der Waals surface area contributed by atoms with Crippen LogP contribution in [-0.4, -0.2) is 12.4 Å². The molecule has 1 saturated carbocycles. The van der Waals surface area contributed by atoms with Crippen molar-refractivity contribution in [2.45, 2.75) is 45.6 Å². The van der Waals surface area contributed by atoms with Gasteiger partial charge in [-0.25, -0.2) is 0 Å². The van der Waals surface area contributed by atoms with Gasteiger partial charge in [0.05, 0.1) is 0 Å². The van der Waals surface area contributed by atoms with Crippen LogP contribution in [0.4, 0.5) is 0 Å². The van der Waals surface area contributed by atoms with Gasteiger partial charge in [-0.15, -0.1) is 0 Å². The molecule has 0 atom stereocenters. The Hall–Kier alpha value is -1.25. The third-order valence-electron chi connectivity index (χ3n) is 3.29. The van der Waals surface area contributed by atoms with Crippen molar-refractivity contribution in [2.24, 2.45) is 5.41 Å². The average molecular weight is 222 g/mol. The highest BCUT2D eigenvalue weighted by Gasteiger charge is 2.28. The van der Waals surface area contributed by atoms with Gasteiger partial charge in [0.15, 0.2) is 12.0 Å². The van der Waals surface area contributed by atoms with E-state index in [9.17, 15) is 4.79 Å². The molecule has 1 heterocycles. The van der Waals surface area contributed by atoms with Crippen molar-refractivity contribution < 1.29 is 13.9 Å². The van der Waals surface area contributed by atoms with Crippen molar-refractivity contribution in [3.05, 3.63) is 17.9 Å². The summed E-state index contributed by atoms with van der Waals surface area (Å²) >= 11 is 0. The Morgan fingerprint density at radius 1 is 1.38 bits per heavy atom. The predicted molar refractivity (Wildman–Crippen MR) is 60.8 cm³/mol. The van der Waals surface area contributed by atoms with Gasteiger partial charge in [0.2, 0.25) is 0 Å². The highest BCUT2D eigenvalue weighted by atomic mass is 16.6. The van der Waals surface area contributed by atoms with Gasteiger partial charge >= 0.3 is 0 Å². The van der Waals surface area contributed by atoms with Gasteiger partial charge in [-0.3, -0.25) is 4.79 Å². The Morgan fingerprint density at radius 3 is 2.62 bits per heavy atom.